The lowest BCUT2D eigenvalue weighted by molar-refractivity contribution is 0.102. The topological polar surface area (TPSA) is 109 Å². The molecule has 0 spiro atoms. The number of pyridine rings is 1. The molecule has 0 bridgehead atoms. The number of phenolic OH excluding ortho intramolecular Hbond substituents is 1. The van der Waals surface area contributed by atoms with Gasteiger partial charge in [-0.15, -0.1) is 0 Å². The molecule has 3 aromatic rings. The van der Waals surface area contributed by atoms with Crippen LogP contribution in [0.4, 0.5) is 10.5 Å². The Morgan fingerprint density at radius 2 is 2.06 bits per heavy atom. The van der Waals surface area contributed by atoms with Gasteiger partial charge < -0.3 is 15.7 Å². The summed E-state index contributed by atoms with van der Waals surface area (Å²) >= 11 is 5.96. The summed E-state index contributed by atoms with van der Waals surface area (Å²) in [5.41, 5.74) is 2.45. The van der Waals surface area contributed by atoms with Crippen molar-refractivity contribution in [2.45, 2.75) is 32.1 Å². The van der Waals surface area contributed by atoms with Crippen molar-refractivity contribution >= 4 is 29.2 Å². The van der Waals surface area contributed by atoms with Crippen LogP contribution in [0.15, 0.2) is 42.6 Å². The van der Waals surface area contributed by atoms with Crippen LogP contribution < -0.4 is 10.6 Å². The Morgan fingerprint density at radius 3 is 2.71 bits per heavy atom. The number of nitrogens with one attached hydrogen (secondary N) is 2. The molecule has 0 unspecified atom stereocenters. The molecule has 2 heterocycles. The van der Waals surface area contributed by atoms with E-state index in [0.29, 0.717) is 23.5 Å². The Balaban J connectivity index is 1.60. The monoisotopic (exact) mass is 439 g/mol. The second-order valence-electron chi connectivity index (χ2n) is 7.36. The fraction of sp³-hybridized carbons (Fsp3) is 0.273. The van der Waals surface area contributed by atoms with E-state index < -0.39 is 5.91 Å². The van der Waals surface area contributed by atoms with E-state index in [4.69, 9.17) is 11.6 Å². The lowest BCUT2D eigenvalue weighted by Gasteiger charge is -2.25. The van der Waals surface area contributed by atoms with Crippen molar-refractivity contribution in [3.05, 3.63) is 59.0 Å². The molecular formula is C22H22ClN5O3. The van der Waals surface area contributed by atoms with Crippen molar-refractivity contribution in [3.8, 4) is 17.0 Å². The fourth-order valence-electron chi connectivity index (χ4n) is 3.49. The van der Waals surface area contributed by atoms with Crippen LogP contribution >= 0.6 is 11.6 Å². The van der Waals surface area contributed by atoms with E-state index in [1.54, 1.807) is 24.3 Å². The lowest BCUT2D eigenvalue weighted by atomic mass is 9.82. The van der Waals surface area contributed by atoms with Gasteiger partial charge in [-0.3, -0.25) is 4.79 Å². The number of carbonyl (C=O) groups is 2. The number of anilines is 1. The summed E-state index contributed by atoms with van der Waals surface area (Å²) in [6, 6.07) is 9.50. The largest absolute Gasteiger partial charge is 0.507 e. The van der Waals surface area contributed by atoms with Crippen molar-refractivity contribution in [2.24, 2.45) is 0 Å². The molecule has 4 rings (SSSR count). The second kappa shape index (κ2) is 8.77. The summed E-state index contributed by atoms with van der Waals surface area (Å²) < 4.78 is 1.39. The number of halogens is 1. The summed E-state index contributed by atoms with van der Waals surface area (Å²) in [4.78, 5) is 28.8. The summed E-state index contributed by atoms with van der Waals surface area (Å²) in [5, 5.41) is 20.6. The Morgan fingerprint density at radius 1 is 1.26 bits per heavy atom. The molecule has 0 radical (unpaired) electrons. The summed E-state index contributed by atoms with van der Waals surface area (Å²) in [6.45, 7) is 2.35. The van der Waals surface area contributed by atoms with Crippen molar-refractivity contribution in [1.29, 1.82) is 0 Å². The maximum absolute atomic E-state index is 12.4. The van der Waals surface area contributed by atoms with E-state index >= 15 is 0 Å². The van der Waals surface area contributed by atoms with Crippen LogP contribution in [-0.4, -0.2) is 38.4 Å². The van der Waals surface area contributed by atoms with Crippen LogP contribution in [0, 0.1) is 0 Å². The predicted molar refractivity (Wildman–Crippen MR) is 118 cm³/mol. The van der Waals surface area contributed by atoms with Crippen LogP contribution in [0.2, 0.25) is 5.15 Å². The molecule has 0 aliphatic heterocycles. The summed E-state index contributed by atoms with van der Waals surface area (Å²) in [5.74, 6) is -0.206. The number of carbonyl (C=O) groups excluding carboxylic acids is 2. The van der Waals surface area contributed by atoms with E-state index in [9.17, 15) is 14.7 Å². The number of aromatic nitrogens is 3. The molecule has 2 amide bonds. The van der Waals surface area contributed by atoms with Gasteiger partial charge >= 0.3 is 6.03 Å². The number of aromatic hydroxyl groups is 1. The van der Waals surface area contributed by atoms with Gasteiger partial charge in [-0.1, -0.05) is 18.0 Å². The van der Waals surface area contributed by atoms with Gasteiger partial charge in [0.15, 0.2) is 0 Å². The molecule has 0 saturated heterocycles. The normalized spacial score (nSPS) is 13.5. The number of nitrogens with zero attached hydrogens (tertiary/aromatic N) is 3. The highest BCUT2D eigenvalue weighted by atomic mass is 35.5. The number of hydrogen-bond donors (Lipinski definition) is 3. The molecule has 9 heteroatoms. The fourth-order valence-corrected chi connectivity index (χ4v) is 3.70. The standard InChI is InChI=1S/C22H22ClN5O3/c1-2-24-22(31)28-18(13-5-3-6-13)12-17(27-28)15-9-8-14(11-19(15)29)26-21(30)16-7-4-10-25-20(16)23/h4,7-13,29H,2-3,5-6H2,1H3,(H,24,31)(H,26,30). The molecule has 1 saturated carbocycles. The minimum absolute atomic E-state index is 0.0595. The second-order valence-corrected chi connectivity index (χ2v) is 7.72. The first kappa shape index (κ1) is 20.9. The van der Waals surface area contributed by atoms with Crippen molar-refractivity contribution in [2.75, 3.05) is 11.9 Å². The molecule has 8 nitrogen and oxygen atoms in total. The molecule has 2 aromatic heterocycles. The number of benzene rings is 1. The highest BCUT2D eigenvalue weighted by Crippen LogP contribution is 2.39. The maximum atomic E-state index is 12.4. The molecule has 0 atom stereocenters. The van der Waals surface area contributed by atoms with Gasteiger partial charge in [0.25, 0.3) is 5.91 Å². The first-order valence-electron chi connectivity index (χ1n) is 10.1. The molecule has 1 aliphatic rings. The first-order valence-corrected chi connectivity index (χ1v) is 10.5. The molecule has 160 valence electrons. The van der Waals surface area contributed by atoms with E-state index in [1.165, 1.54) is 16.9 Å². The highest BCUT2D eigenvalue weighted by Gasteiger charge is 2.27. The van der Waals surface area contributed by atoms with Crippen LogP contribution in [-0.2, 0) is 0 Å². The van der Waals surface area contributed by atoms with E-state index in [2.05, 4.69) is 20.7 Å². The molecule has 1 aliphatic carbocycles. The zero-order chi connectivity index (χ0) is 22.0. The Kier molecular flexibility index (Phi) is 5.90. The van der Waals surface area contributed by atoms with E-state index in [0.717, 1.165) is 25.0 Å². The molecule has 3 N–H and O–H groups in total. The minimum Gasteiger partial charge on any atom is -0.507 e. The van der Waals surface area contributed by atoms with Crippen molar-refractivity contribution < 1.29 is 14.7 Å². The predicted octanol–water partition coefficient (Wildman–Crippen LogP) is 4.40. The van der Waals surface area contributed by atoms with Crippen LogP contribution in [0.5, 0.6) is 5.75 Å². The molecular weight excluding hydrogens is 418 g/mol. The van der Waals surface area contributed by atoms with Crippen LogP contribution in [0.3, 0.4) is 0 Å². The highest BCUT2D eigenvalue weighted by molar-refractivity contribution is 6.33. The van der Waals surface area contributed by atoms with Crippen LogP contribution in [0.1, 0.15) is 48.2 Å². The van der Waals surface area contributed by atoms with Gasteiger partial charge in [-0.25, -0.2) is 9.78 Å². The number of amides is 2. The van der Waals surface area contributed by atoms with Crippen LogP contribution in [0.25, 0.3) is 11.3 Å². The van der Waals surface area contributed by atoms with E-state index in [1.807, 2.05) is 13.0 Å². The number of rotatable bonds is 5. The Bertz CT molecular complexity index is 1140. The third kappa shape index (κ3) is 4.25. The van der Waals surface area contributed by atoms with Gasteiger partial charge in [-0.2, -0.15) is 9.78 Å². The smallest absolute Gasteiger partial charge is 0.342 e. The molecule has 1 fully saturated rings. The third-order valence-electron chi connectivity index (χ3n) is 5.32. The van der Waals surface area contributed by atoms with Gasteiger partial charge in [0.1, 0.15) is 10.9 Å². The summed E-state index contributed by atoms with van der Waals surface area (Å²) in [6.07, 6.45) is 4.65. The van der Waals surface area contributed by atoms with Gasteiger partial charge in [-0.05, 0) is 50.1 Å². The van der Waals surface area contributed by atoms with E-state index in [-0.39, 0.29) is 28.4 Å². The van der Waals surface area contributed by atoms with Gasteiger partial charge in [0.05, 0.1) is 17.0 Å². The average molecular weight is 440 g/mol. The maximum Gasteiger partial charge on any atom is 0.342 e. The van der Waals surface area contributed by atoms with Gasteiger partial charge in [0, 0.05) is 36.0 Å². The van der Waals surface area contributed by atoms with Crippen molar-refractivity contribution in [3.63, 3.8) is 0 Å². The summed E-state index contributed by atoms with van der Waals surface area (Å²) in [7, 11) is 0. The zero-order valence-electron chi connectivity index (χ0n) is 16.9. The van der Waals surface area contributed by atoms with Crippen molar-refractivity contribution in [1.82, 2.24) is 20.1 Å². The molecule has 31 heavy (non-hydrogen) atoms. The average Bonchev–Trinajstić information content (AvgIpc) is 3.11. The number of hydrogen-bond acceptors (Lipinski definition) is 5. The molecule has 1 aromatic carbocycles. The third-order valence-corrected chi connectivity index (χ3v) is 5.62. The number of phenols is 1. The SMILES string of the molecule is CCNC(=O)n1nc(-c2ccc(NC(=O)c3cccnc3Cl)cc2O)cc1C1CCC1. The first-order chi connectivity index (χ1) is 15.0. The Hall–Kier alpha value is -3.39. The van der Waals surface area contributed by atoms with Gasteiger partial charge in [0.2, 0.25) is 0 Å². The Labute approximate surface area is 184 Å². The minimum atomic E-state index is -0.432. The zero-order valence-corrected chi connectivity index (χ0v) is 17.7. The lowest BCUT2D eigenvalue weighted by Crippen LogP contribution is -2.31. The quantitative estimate of drug-likeness (QED) is 0.510.